The van der Waals surface area contributed by atoms with Crippen LogP contribution in [0.1, 0.15) is 5.69 Å². The summed E-state index contributed by atoms with van der Waals surface area (Å²) in [6, 6.07) is 7.82. The SMILES string of the molecule is Cc1ccnc(NC(=S)Nc2cccc(F)c2)n1. The third-order valence-corrected chi connectivity index (χ3v) is 2.31. The van der Waals surface area contributed by atoms with Crippen molar-refractivity contribution in [2.45, 2.75) is 6.92 Å². The van der Waals surface area contributed by atoms with Crippen molar-refractivity contribution in [1.82, 2.24) is 9.97 Å². The first-order valence-corrected chi connectivity index (χ1v) is 5.67. The standard InChI is InChI=1S/C12H11FN4S/c1-8-5-6-14-11(15-8)17-12(18)16-10-4-2-3-9(13)7-10/h2-7H,1H3,(H2,14,15,16,17,18). The zero-order valence-corrected chi connectivity index (χ0v) is 10.5. The van der Waals surface area contributed by atoms with Gasteiger partial charge in [0.15, 0.2) is 5.11 Å². The summed E-state index contributed by atoms with van der Waals surface area (Å²) in [6.07, 6.45) is 1.63. The van der Waals surface area contributed by atoms with Crippen LogP contribution in [0.5, 0.6) is 0 Å². The lowest BCUT2D eigenvalue weighted by atomic mass is 10.3. The van der Waals surface area contributed by atoms with Gasteiger partial charge in [0.1, 0.15) is 5.82 Å². The molecule has 1 aromatic heterocycles. The fraction of sp³-hybridized carbons (Fsp3) is 0.0833. The van der Waals surface area contributed by atoms with Crippen LogP contribution in [-0.4, -0.2) is 15.1 Å². The summed E-state index contributed by atoms with van der Waals surface area (Å²) < 4.78 is 13.0. The maximum Gasteiger partial charge on any atom is 0.229 e. The Balaban J connectivity index is 2.01. The molecule has 0 amide bonds. The Labute approximate surface area is 109 Å². The number of aromatic nitrogens is 2. The lowest BCUT2D eigenvalue weighted by molar-refractivity contribution is 0.628. The Kier molecular flexibility index (Phi) is 3.78. The summed E-state index contributed by atoms with van der Waals surface area (Å²) in [4.78, 5) is 8.16. The first-order chi connectivity index (χ1) is 8.63. The number of halogens is 1. The molecule has 0 radical (unpaired) electrons. The highest BCUT2D eigenvalue weighted by molar-refractivity contribution is 7.80. The van der Waals surface area contributed by atoms with Crippen molar-refractivity contribution < 1.29 is 4.39 Å². The molecule has 0 aliphatic rings. The van der Waals surface area contributed by atoms with E-state index < -0.39 is 0 Å². The van der Waals surface area contributed by atoms with Crippen LogP contribution >= 0.6 is 12.2 Å². The highest BCUT2D eigenvalue weighted by Gasteiger charge is 2.01. The van der Waals surface area contributed by atoms with Crippen molar-refractivity contribution >= 4 is 29.0 Å². The highest BCUT2D eigenvalue weighted by Crippen LogP contribution is 2.09. The minimum absolute atomic E-state index is 0.311. The van der Waals surface area contributed by atoms with Crippen molar-refractivity contribution in [3.05, 3.63) is 48.0 Å². The van der Waals surface area contributed by atoms with Gasteiger partial charge in [-0.15, -0.1) is 0 Å². The molecule has 2 N–H and O–H groups in total. The molecule has 18 heavy (non-hydrogen) atoms. The molecule has 0 saturated carbocycles. The minimum atomic E-state index is -0.324. The molecule has 1 heterocycles. The Hall–Kier alpha value is -2.08. The van der Waals surface area contributed by atoms with E-state index in [1.807, 2.05) is 6.92 Å². The number of nitrogens with zero attached hydrogens (tertiary/aromatic N) is 2. The van der Waals surface area contributed by atoms with Gasteiger partial charge in [-0.1, -0.05) is 6.07 Å². The van der Waals surface area contributed by atoms with Crippen LogP contribution in [-0.2, 0) is 0 Å². The van der Waals surface area contributed by atoms with Crippen LogP contribution < -0.4 is 10.6 Å². The molecule has 0 spiro atoms. The van der Waals surface area contributed by atoms with Gasteiger partial charge in [0.05, 0.1) is 0 Å². The van der Waals surface area contributed by atoms with E-state index in [-0.39, 0.29) is 5.82 Å². The predicted octanol–water partition coefficient (Wildman–Crippen LogP) is 2.73. The second-order valence-corrected chi connectivity index (χ2v) is 4.02. The Morgan fingerprint density at radius 3 is 2.83 bits per heavy atom. The number of thiocarbonyl (C=S) groups is 1. The van der Waals surface area contributed by atoms with Crippen LogP contribution in [0.3, 0.4) is 0 Å². The van der Waals surface area contributed by atoms with Crippen LogP contribution in [0.15, 0.2) is 36.5 Å². The van der Waals surface area contributed by atoms with E-state index in [1.165, 1.54) is 12.1 Å². The number of hydrogen-bond donors (Lipinski definition) is 2. The van der Waals surface area contributed by atoms with E-state index >= 15 is 0 Å². The molecule has 6 heteroatoms. The number of benzene rings is 1. The highest BCUT2D eigenvalue weighted by atomic mass is 32.1. The molecule has 0 bridgehead atoms. The third kappa shape index (κ3) is 3.46. The molecule has 2 rings (SSSR count). The van der Waals surface area contributed by atoms with Crippen LogP contribution in [0.4, 0.5) is 16.0 Å². The summed E-state index contributed by atoms with van der Waals surface area (Å²) in [5.74, 6) is 0.0820. The van der Waals surface area contributed by atoms with Crippen LogP contribution in [0.25, 0.3) is 0 Å². The molecule has 0 atom stereocenters. The molecular formula is C12H11FN4S. The number of aryl methyl sites for hydroxylation is 1. The molecule has 92 valence electrons. The minimum Gasteiger partial charge on any atom is -0.332 e. The lowest BCUT2D eigenvalue weighted by Gasteiger charge is -2.09. The third-order valence-electron chi connectivity index (χ3n) is 2.10. The number of anilines is 2. The normalized spacial score (nSPS) is 9.89. The summed E-state index contributed by atoms with van der Waals surface area (Å²) in [7, 11) is 0. The molecule has 1 aromatic carbocycles. The van der Waals surface area contributed by atoms with E-state index in [1.54, 1.807) is 24.4 Å². The second kappa shape index (κ2) is 5.50. The zero-order valence-electron chi connectivity index (χ0n) is 9.64. The summed E-state index contributed by atoms with van der Waals surface area (Å²) in [5, 5.41) is 5.99. The van der Waals surface area contributed by atoms with Crippen LogP contribution in [0.2, 0.25) is 0 Å². The van der Waals surface area contributed by atoms with Gasteiger partial charge in [0, 0.05) is 17.6 Å². The predicted molar refractivity (Wildman–Crippen MR) is 73.0 cm³/mol. The molecule has 0 aliphatic carbocycles. The quantitative estimate of drug-likeness (QED) is 0.815. The maximum absolute atomic E-state index is 13.0. The molecule has 2 aromatic rings. The smallest absolute Gasteiger partial charge is 0.229 e. The summed E-state index contributed by atoms with van der Waals surface area (Å²) in [6.45, 7) is 1.86. The molecule has 0 fully saturated rings. The van der Waals surface area contributed by atoms with Crippen LogP contribution in [0, 0.1) is 12.7 Å². The Morgan fingerprint density at radius 2 is 2.11 bits per heavy atom. The zero-order chi connectivity index (χ0) is 13.0. The number of hydrogen-bond acceptors (Lipinski definition) is 3. The monoisotopic (exact) mass is 262 g/mol. The average Bonchev–Trinajstić information content (AvgIpc) is 2.28. The fourth-order valence-corrected chi connectivity index (χ4v) is 1.55. The van der Waals surface area contributed by atoms with Gasteiger partial charge in [-0.25, -0.2) is 14.4 Å². The molecule has 0 unspecified atom stereocenters. The number of nitrogens with one attached hydrogen (secondary N) is 2. The van der Waals surface area contributed by atoms with Gasteiger partial charge < -0.3 is 10.6 Å². The van der Waals surface area contributed by atoms with E-state index in [9.17, 15) is 4.39 Å². The maximum atomic E-state index is 13.0. The fourth-order valence-electron chi connectivity index (χ4n) is 1.34. The van der Waals surface area contributed by atoms with Gasteiger partial charge in [-0.05, 0) is 43.4 Å². The van der Waals surface area contributed by atoms with E-state index in [2.05, 4.69) is 20.6 Å². The summed E-state index contributed by atoms with van der Waals surface area (Å²) in [5.41, 5.74) is 1.40. The summed E-state index contributed by atoms with van der Waals surface area (Å²) >= 11 is 5.08. The van der Waals surface area contributed by atoms with Crippen molar-refractivity contribution in [2.24, 2.45) is 0 Å². The van der Waals surface area contributed by atoms with E-state index in [4.69, 9.17) is 12.2 Å². The van der Waals surface area contributed by atoms with Crippen molar-refractivity contribution in [3.63, 3.8) is 0 Å². The van der Waals surface area contributed by atoms with Gasteiger partial charge in [0.2, 0.25) is 5.95 Å². The molecule has 0 saturated heterocycles. The Bertz CT molecular complexity index is 524. The first-order valence-electron chi connectivity index (χ1n) is 5.27. The number of rotatable bonds is 2. The van der Waals surface area contributed by atoms with Gasteiger partial charge in [0.25, 0.3) is 0 Å². The van der Waals surface area contributed by atoms with Crippen molar-refractivity contribution in [3.8, 4) is 0 Å². The lowest BCUT2D eigenvalue weighted by Crippen LogP contribution is -2.20. The van der Waals surface area contributed by atoms with E-state index in [0.29, 0.717) is 16.7 Å². The van der Waals surface area contributed by atoms with Crippen molar-refractivity contribution in [2.75, 3.05) is 10.6 Å². The van der Waals surface area contributed by atoms with Gasteiger partial charge in [-0.2, -0.15) is 0 Å². The van der Waals surface area contributed by atoms with Crippen molar-refractivity contribution in [1.29, 1.82) is 0 Å². The molecule has 4 nitrogen and oxygen atoms in total. The molecule has 0 aliphatic heterocycles. The van der Waals surface area contributed by atoms with Gasteiger partial charge >= 0.3 is 0 Å². The average molecular weight is 262 g/mol. The second-order valence-electron chi connectivity index (χ2n) is 3.61. The topological polar surface area (TPSA) is 49.8 Å². The van der Waals surface area contributed by atoms with Gasteiger partial charge in [-0.3, -0.25) is 0 Å². The van der Waals surface area contributed by atoms with E-state index in [0.717, 1.165) is 5.69 Å². The molecular weight excluding hydrogens is 251 g/mol. The largest absolute Gasteiger partial charge is 0.332 e. The first kappa shape index (κ1) is 12.4. The Morgan fingerprint density at radius 1 is 1.28 bits per heavy atom.